The van der Waals surface area contributed by atoms with Crippen molar-refractivity contribution in [2.75, 3.05) is 26.8 Å². The monoisotopic (exact) mass is 325 g/mol. The standard InChI is InChI=1S/C12H17ClFNO4S/c1-3-19-5-4-15(2)20(17,18)10-6-9(8-16)12(13)11(14)7-10/h6-7,16H,3-5,8H2,1-2H3. The zero-order chi connectivity index (χ0) is 15.3. The Morgan fingerprint density at radius 3 is 2.65 bits per heavy atom. The second kappa shape index (κ2) is 7.33. The molecular formula is C12H17ClFNO4S. The molecule has 0 saturated heterocycles. The van der Waals surface area contributed by atoms with Gasteiger partial charge in [0.1, 0.15) is 5.82 Å². The predicted molar refractivity (Wildman–Crippen MR) is 73.6 cm³/mol. The summed E-state index contributed by atoms with van der Waals surface area (Å²) >= 11 is 5.63. The van der Waals surface area contributed by atoms with E-state index < -0.39 is 22.4 Å². The number of hydrogen-bond acceptors (Lipinski definition) is 4. The molecule has 0 unspecified atom stereocenters. The van der Waals surface area contributed by atoms with Crippen LogP contribution < -0.4 is 0 Å². The molecule has 0 radical (unpaired) electrons. The summed E-state index contributed by atoms with van der Waals surface area (Å²) in [5.74, 6) is -0.880. The third kappa shape index (κ3) is 3.89. The van der Waals surface area contributed by atoms with Crippen LogP contribution in [0.5, 0.6) is 0 Å². The average molecular weight is 326 g/mol. The Morgan fingerprint density at radius 1 is 1.45 bits per heavy atom. The fourth-order valence-electron chi connectivity index (χ4n) is 1.52. The van der Waals surface area contributed by atoms with E-state index in [1.807, 2.05) is 0 Å². The Hall–Kier alpha value is -0.730. The molecule has 1 aromatic carbocycles. The molecule has 0 spiro atoms. The minimum Gasteiger partial charge on any atom is -0.392 e. The number of sulfonamides is 1. The molecule has 0 aliphatic heterocycles. The van der Waals surface area contributed by atoms with E-state index in [-0.39, 0.29) is 28.6 Å². The molecule has 0 amide bonds. The molecule has 0 aromatic heterocycles. The lowest BCUT2D eigenvalue weighted by molar-refractivity contribution is 0.138. The van der Waals surface area contributed by atoms with Crippen LogP contribution in [0.1, 0.15) is 12.5 Å². The molecule has 0 atom stereocenters. The van der Waals surface area contributed by atoms with Gasteiger partial charge in [-0.1, -0.05) is 11.6 Å². The van der Waals surface area contributed by atoms with Crippen LogP contribution in [-0.2, 0) is 21.4 Å². The van der Waals surface area contributed by atoms with E-state index in [1.54, 1.807) is 6.92 Å². The van der Waals surface area contributed by atoms with Gasteiger partial charge in [-0.3, -0.25) is 0 Å². The average Bonchev–Trinajstić information content (AvgIpc) is 2.41. The second-order valence-electron chi connectivity index (χ2n) is 4.06. The van der Waals surface area contributed by atoms with Crippen molar-refractivity contribution in [1.29, 1.82) is 0 Å². The van der Waals surface area contributed by atoms with E-state index in [1.165, 1.54) is 7.05 Å². The smallest absolute Gasteiger partial charge is 0.243 e. The van der Waals surface area contributed by atoms with Gasteiger partial charge in [-0.25, -0.2) is 12.8 Å². The summed E-state index contributed by atoms with van der Waals surface area (Å²) in [5.41, 5.74) is 0.0310. The molecule has 0 fully saturated rings. The van der Waals surface area contributed by atoms with Gasteiger partial charge in [0.25, 0.3) is 0 Å². The minimum atomic E-state index is -3.85. The first-order valence-corrected chi connectivity index (χ1v) is 7.79. The zero-order valence-corrected chi connectivity index (χ0v) is 12.8. The van der Waals surface area contributed by atoms with Crippen molar-refractivity contribution >= 4 is 21.6 Å². The molecule has 1 rings (SSSR count). The highest BCUT2D eigenvalue weighted by Crippen LogP contribution is 2.25. The van der Waals surface area contributed by atoms with Crippen molar-refractivity contribution in [2.24, 2.45) is 0 Å². The van der Waals surface area contributed by atoms with Crippen LogP contribution >= 0.6 is 11.6 Å². The highest BCUT2D eigenvalue weighted by atomic mass is 35.5. The number of rotatable bonds is 7. The molecule has 1 N–H and O–H groups in total. The van der Waals surface area contributed by atoms with Crippen LogP contribution in [0, 0.1) is 5.82 Å². The fourth-order valence-corrected chi connectivity index (χ4v) is 2.91. The zero-order valence-electron chi connectivity index (χ0n) is 11.3. The highest BCUT2D eigenvalue weighted by Gasteiger charge is 2.23. The van der Waals surface area contributed by atoms with Crippen LogP contribution in [0.2, 0.25) is 5.02 Å². The SMILES string of the molecule is CCOCCN(C)S(=O)(=O)c1cc(F)c(Cl)c(CO)c1. The maximum atomic E-state index is 13.6. The number of ether oxygens (including phenoxy) is 1. The maximum Gasteiger partial charge on any atom is 0.243 e. The highest BCUT2D eigenvalue weighted by molar-refractivity contribution is 7.89. The van der Waals surface area contributed by atoms with Crippen LogP contribution in [-0.4, -0.2) is 44.6 Å². The van der Waals surface area contributed by atoms with E-state index in [4.69, 9.17) is 21.4 Å². The lowest BCUT2D eigenvalue weighted by Crippen LogP contribution is -2.30. The summed E-state index contributed by atoms with van der Waals surface area (Å²) < 4.78 is 44.2. The number of hydrogen-bond donors (Lipinski definition) is 1. The molecule has 0 bridgehead atoms. The summed E-state index contributed by atoms with van der Waals surface area (Å²) in [6.45, 7) is 2.14. The Labute approximate surface area is 123 Å². The summed E-state index contributed by atoms with van der Waals surface area (Å²) in [4.78, 5) is -0.248. The van der Waals surface area contributed by atoms with Gasteiger partial charge in [-0.05, 0) is 19.1 Å². The molecule has 114 valence electrons. The van der Waals surface area contributed by atoms with Crippen LogP contribution in [0.15, 0.2) is 17.0 Å². The van der Waals surface area contributed by atoms with Crippen molar-refractivity contribution in [1.82, 2.24) is 4.31 Å². The van der Waals surface area contributed by atoms with E-state index >= 15 is 0 Å². The lowest BCUT2D eigenvalue weighted by atomic mass is 10.2. The minimum absolute atomic E-state index is 0.0310. The van der Waals surface area contributed by atoms with Gasteiger partial charge in [0, 0.05) is 25.8 Å². The van der Waals surface area contributed by atoms with Crippen molar-refractivity contribution in [3.63, 3.8) is 0 Å². The van der Waals surface area contributed by atoms with Gasteiger partial charge in [-0.15, -0.1) is 0 Å². The van der Waals surface area contributed by atoms with Gasteiger partial charge < -0.3 is 9.84 Å². The second-order valence-corrected chi connectivity index (χ2v) is 6.48. The molecule has 0 aliphatic rings. The summed E-state index contributed by atoms with van der Waals surface area (Å²) in [5, 5.41) is 8.79. The summed E-state index contributed by atoms with van der Waals surface area (Å²) in [6, 6.07) is 2.01. The number of benzene rings is 1. The Kier molecular flexibility index (Phi) is 6.35. The van der Waals surface area contributed by atoms with Crippen molar-refractivity contribution in [2.45, 2.75) is 18.4 Å². The largest absolute Gasteiger partial charge is 0.392 e. The van der Waals surface area contributed by atoms with Gasteiger partial charge >= 0.3 is 0 Å². The van der Waals surface area contributed by atoms with Crippen molar-refractivity contribution < 1.29 is 22.7 Å². The third-order valence-electron chi connectivity index (χ3n) is 2.71. The number of aliphatic hydroxyl groups is 1. The van der Waals surface area contributed by atoms with E-state index in [0.717, 1.165) is 16.4 Å². The van der Waals surface area contributed by atoms with Gasteiger partial charge in [0.2, 0.25) is 10.0 Å². The third-order valence-corrected chi connectivity index (χ3v) is 4.97. The number of likely N-dealkylation sites (N-methyl/N-ethyl adjacent to an activating group) is 1. The number of aliphatic hydroxyl groups excluding tert-OH is 1. The fraction of sp³-hybridized carbons (Fsp3) is 0.500. The van der Waals surface area contributed by atoms with Crippen molar-refractivity contribution in [3.8, 4) is 0 Å². The Balaban J connectivity index is 3.06. The van der Waals surface area contributed by atoms with Gasteiger partial charge in [-0.2, -0.15) is 4.31 Å². The van der Waals surface area contributed by atoms with E-state index in [0.29, 0.717) is 6.61 Å². The van der Waals surface area contributed by atoms with E-state index in [2.05, 4.69) is 0 Å². The normalized spacial score (nSPS) is 12.1. The first-order chi connectivity index (χ1) is 9.34. The molecule has 0 aliphatic carbocycles. The maximum absolute atomic E-state index is 13.6. The summed E-state index contributed by atoms with van der Waals surface area (Å²) in [6.07, 6.45) is 0. The van der Waals surface area contributed by atoms with Crippen molar-refractivity contribution in [3.05, 3.63) is 28.5 Å². The van der Waals surface area contributed by atoms with Crippen LogP contribution in [0.4, 0.5) is 4.39 Å². The number of halogens is 2. The van der Waals surface area contributed by atoms with Crippen LogP contribution in [0.3, 0.4) is 0 Å². The number of nitrogens with zero attached hydrogens (tertiary/aromatic N) is 1. The van der Waals surface area contributed by atoms with Gasteiger partial charge in [0.15, 0.2) is 0 Å². The Bertz CT molecular complexity index is 565. The molecule has 8 heteroatoms. The van der Waals surface area contributed by atoms with Gasteiger partial charge in [0.05, 0.1) is 23.1 Å². The summed E-state index contributed by atoms with van der Waals surface area (Å²) in [7, 11) is -2.47. The molecule has 5 nitrogen and oxygen atoms in total. The Morgan fingerprint density at radius 2 is 2.10 bits per heavy atom. The predicted octanol–water partition coefficient (Wildman–Crippen LogP) is 1.63. The molecular weight excluding hydrogens is 309 g/mol. The quantitative estimate of drug-likeness (QED) is 0.774. The molecule has 1 aromatic rings. The first kappa shape index (κ1) is 17.3. The van der Waals surface area contributed by atoms with Crippen LogP contribution in [0.25, 0.3) is 0 Å². The first-order valence-electron chi connectivity index (χ1n) is 5.97. The topological polar surface area (TPSA) is 66.8 Å². The molecule has 0 saturated carbocycles. The van der Waals surface area contributed by atoms with E-state index in [9.17, 15) is 12.8 Å². The lowest BCUT2D eigenvalue weighted by Gasteiger charge is -2.18. The molecule has 20 heavy (non-hydrogen) atoms. The molecule has 0 heterocycles.